The van der Waals surface area contributed by atoms with Gasteiger partial charge in [-0.1, -0.05) is 45.4 Å². The van der Waals surface area contributed by atoms with Crippen molar-refractivity contribution >= 4 is 0 Å². The molecule has 1 aliphatic rings. The molecule has 78 valence electrons. The van der Waals surface area contributed by atoms with E-state index in [0.29, 0.717) is 6.04 Å². The Balaban J connectivity index is 1.93. The molecule has 2 N–H and O–H groups in total. The summed E-state index contributed by atoms with van der Waals surface area (Å²) in [6.45, 7) is 2.27. The normalized spacial score (nSPS) is 28.2. The lowest BCUT2D eigenvalue weighted by atomic mass is 9.96. The molecule has 1 nitrogen and oxygen atoms in total. The summed E-state index contributed by atoms with van der Waals surface area (Å²) in [4.78, 5) is 0. The van der Waals surface area contributed by atoms with Gasteiger partial charge in [-0.2, -0.15) is 0 Å². The average molecular weight is 183 g/mol. The van der Waals surface area contributed by atoms with Crippen molar-refractivity contribution in [3.05, 3.63) is 0 Å². The second-order valence-electron chi connectivity index (χ2n) is 4.56. The van der Waals surface area contributed by atoms with Gasteiger partial charge in [-0.3, -0.25) is 0 Å². The van der Waals surface area contributed by atoms with Gasteiger partial charge in [0.25, 0.3) is 0 Å². The Kier molecular flexibility index (Phi) is 5.45. The first-order valence-electron chi connectivity index (χ1n) is 6.10. The zero-order valence-corrected chi connectivity index (χ0v) is 9.10. The van der Waals surface area contributed by atoms with Gasteiger partial charge in [0.15, 0.2) is 0 Å². The average Bonchev–Trinajstić information content (AvgIpc) is 2.52. The van der Waals surface area contributed by atoms with Gasteiger partial charge in [-0.25, -0.2) is 0 Å². The molecule has 0 amide bonds. The van der Waals surface area contributed by atoms with E-state index in [1.54, 1.807) is 0 Å². The van der Waals surface area contributed by atoms with Gasteiger partial charge in [-0.15, -0.1) is 0 Å². The predicted octanol–water partition coefficient (Wildman–Crippen LogP) is 3.47. The Morgan fingerprint density at radius 2 is 1.85 bits per heavy atom. The zero-order valence-electron chi connectivity index (χ0n) is 9.10. The van der Waals surface area contributed by atoms with Crippen LogP contribution in [-0.2, 0) is 0 Å². The maximum Gasteiger partial charge on any atom is 0.00671 e. The van der Waals surface area contributed by atoms with Gasteiger partial charge in [0.1, 0.15) is 0 Å². The standard InChI is InChI=1S/C12H25N/c1-2-3-4-5-6-8-11-9-7-10-12(11)13/h11-12H,2-10,13H2,1H3. The monoisotopic (exact) mass is 183 g/mol. The van der Waals surface area contributed by atoms with E-state index < -0.39 is 0 Å². The van der Waals surface area contributed by atoms with Crippen LogP contribution in [0.25, 0.3) is 0 Å². The molecule has 0 spiro atoms. The lowest BCUT2D eigenvalue weighted by Crippen LogP contribution is -2.24. The van der Waals surface area contributed by atoms with Crippen LogP contribution in [-0.4, -0.2) is 6.04 Å². The van der Waals surface area contributed by atoms with Gasteiger partial charge in [-0.05, 0) is 25.2 Å². The second-order valence-corrected chi connectivity index (χ2v) is 4.56. The SMILES string of the molecule is CCCCCCCC1CCCC1N. The third-order valence-corrected chi connectivity index (χ3v) is 3.40. The van der Waals surface area contributed by atoms with Crippen molar-refractivity contribution in [2.24, 2.45) is 11.7 Å². The molecule has 2 unspecified atom stereocenters. The van der Waals surface area contributed by atoms with E-state index in [9.17, 15) is 0 Å². The fourth-order valence-corrected chi connectivity index (χ4v) is 2.43. The van der Waals surface area contributed by atoms with E-state index in [2.05, 4.69) is 6.92 Å². The Morgan fingerprint density at radius 3 is 2.46 bits per heavy atom. The highest BCUT2D eigenvalue weighted by Gasteiger charge is 2.22. The van der Waals surface area contributed by atoms with Crippen LogP contribution in [0.1, 0.15) is 64.7 Å². The highest BCUT2D eigenvalue weighted by atomic mass is 14.7. The van der Waals surface area contributed by atoms with Crippen LogP contribution >= 0.6 is 0 Å². The molecule has 1 heteroatoms. The Bertz CT molecular complexity index is 122. The van der Waals surface area contributed by atoms with E-state index in [1.165, 1.54) is 57.8 Å². The molecule has 0 bridgehead atoms. The first-order valence-corrected chi connectivity index (χ1v) is 6.10. The molecule has 1 aliphatic carbocycles. The number of rotatable bonds is 6. The summed E-state index contributed by atoms with van der Waals surface area (Å²) in [5, 5.41) is 0. The quantitative estimate of drug-likeness (QED) is 0.627. The number of hydrogen-bond acceptors (Lipinski definition) is 1. The van der Waals surface area contributed by atoms with Crippen LogP contribution in [0.3, 0.4) is 0 Å². The molecule has 0 heterocycles. The minimum absolute atomic E-state index is 0.533. The Hall–Kier alpha value is -0.0400. The summed E-state index contributed by atoms with van der Waals surface area (Å²) in [6.07, 6.45) is 12.5. The van der Waals surface area contributed by atoms with Crippen LogP contribution < -0.4 is 5.73 Å². The summed E-state index contributed by atoms with van der Waals surface area (Å²) in [5.41, 5.74) is 6.02. The van der Waals surface area contributed by atoms with E-state index in [0.717, 1.165) is 5.92 Å². The molecule has 0 radical (unpaired) electrons. The lowest BCUT2D eigenvalue weighted by molar-refractivity contribution is 0.421. The van der Waals surface area contributed by atoms with E-state index in [4.69, 9.17) is 5.73 Å². The topological polar surface area (TPSA) is 26.0 Å². The molecular weight excluding hydrogens is 158 g/mol. The molecule has 2 atom stereocenters. The van der Waals surface area contributed by atoms with E-state index >= 15 is 0 Å². The third-order valence-electron chi connectivity index (χ3n) is 3.40. The first kappa shape index (κ1) is 11.0. The minimum Gasteiger partial charge on any atom is -0.327 e. The van der Waals surface area contributed by atoms with Gasteiger partial charge < -0.3 is 5.73 Å². The van der Waals surface area contributed by atoms with Gasteiger partial charge >= 0.3 is 0 Å². The number of nitrogens with two attached hydrogens (primary N) is 1. The minimum atomic E-state index is 0.533. The highest BCUT2D eigenvalue weighted by molar-refractivity contribution is 4.79. The smallest absolute Gasteiger partial charge is 0.00671 e. The first-order chi connectivity index (χ1) is 6.34. The van der Waals surface area contributed by atoms with Gasteiger partial charge in [0.2, 0.25) is 0 Å². The Morgan fingerprint density at radius 1 is 1.08 bits per heavy atom. The van der Waals surface area contributed by atoms with E-state index in [-0.39, 0.29) is 0 Å². The molecule has 0 aliphatic heterocycles. The highest BCUT2D eigenvalue weighted by Crippen LogP contribution is 2.28. The van der Waals surface area contributed by atoms with Crippen LogP contribution in [0.4, 0.5) is 0 Å². The largest absolute Gasteiger partial charge is 0.327 e. The molecule has 13 heavy (non-hydrogen) atoms. The molecular formula is C12H25N. The van der Waals surface area contributed by atoms with Crippen LogP contribution in [0, 0.1) is 5.92 Å². The van der Waals surface area contributed by atoms with Crippen LogP contribution in [0.15, 0.2) is 0 Å². The van der Waals surface area contributed by atoms with Crippen molar-refractivity contribution in [2.75, 3.05) is 0 Å². The van der Waals surface area contributed by atoms with Crippen molar-refractivity contribution in [1.82, 2.24) is 0 Å². The van der Waals surface area contributed by atoms with Gasteiger partial charge in [0.05, 0.1) is 0 Å². The summed E-state index contributed by atoms with van der Waals surface area (Å²) in [5.74, 6) is 0.863. The lowest BCUT2D eigenvalue weighted by Gasteiger charge is -2.14. The fourth-order valence-electron chi connectivity index (χ4n) is 2.43. The predicted molar refractivity (Wildman–Crippen MR) is 58.7 cm³/mol. The number of hydrogen-bond donors (Lipinski definition) is 1. The second kappa shape index (κ2) is 6.42. The third kappa shape index (κ3) is 4.12. The van der Waals surface area contributed by atoms with Crippen molar-refractivity contribution < 1.29 is 0 Å². The molecule has 1 fully saturated rings. The fraction of sp³-hybridized carbons (Fsp3) is 1.00. The zero-order chi connectivity index (χ0) is 9.52. The molecule has 0 saturated heterocycles. The summed E-state index contributed by atoms with van der Waals surface area (Å²) >= 11 is 0. The Labute approximate surface area is 83.1 Å². The van der Waals surface area contributed by atoms with E-state index in [1.807, 2.05) is 0 Å². The molecule has 0 aromatic rings. The van der Waals surface area contributed by atoms with Crippen LogP contribution in [0.5, 0.6) is 0 Å². The van der Waals surface area contributed by atoms with Crippen molar-refractivity contribution in [2.45, 2.75) is 70.8 Å². The molecule has 1 saturated carbocycles. The van der Waals surface area contributed by atoms with Gasteiger partial charge in [0, 0.05) is 6.04 Å². The summed E-state index contributed by atoms with van der Waals surface area (Å²) in [6, 6.07) is 0.533. The van der Waals surface area contributed by atoms with Crippen molar-refractivity contribution in [3.63, 3.8) is 0 Å². The summed E-state index contributed by atoms with van der Waals surface area (Å²) < 4.78 is 0. The maximum atomic E-state index is 6.02. The maximum absolute atomic E-state index is 6.02. The van der Waals surface area contributed by atoms with Crippen molar-refractivity contribution in [1.29, 1.82) is 0 Å². The molecule has 0 aromatic heterocycles. The number of unbranched alkanes of at least 4 members (excludes halogenated alkanes) is 4. The molecule has 0 aromatic carbocycles. The van der Waals surface area contributed by atoms with Crippen molar-refractivity contribution in [3.8, 4) is 0 Å². The molecule has 1 rings (SSSR count). The van der Waals surface area contributed by atoms with Crippen LogP contribution in [0.2, 0.25) is 0 Å². The summed E-state index contributed by atoms with van der Waals surface area (Å²) in [7, 11) is 0.